The van der Waals surface area contributed by atoms with Crippen molar-refractivity contribution in [1.29, 1.82) is 0 Å². The molecule has 0 fully saturated rings. The monoisotopic (exact) mass is 480 g/mol. The van der Waals surface area contributed by atoms with Gasteiger partial charge in [-0.25, -0.2) is 0 Å². The molecule has 0 aliphatic carbocycles. The standard InChI is InChI=1S/C15H15BrClIN2O/c1-21-15-5-2-10(17)6-9(15)7-14(20-19)12-8-11(18)3-4-13(12)16/h2-6,8,14,20H,7,19H2,1H3. The first-order valence-electron chi connectivity index (χ1n) is 6.28. The summed E-state index contributed by atoms with van der Waals surface area (Å²) in [6, 6.07) is 11.7. The fourth-order valence-electron chi connectivity index (χ4n) is 2.17. The van der Waals surface area contributed by atoms with Gasteiger partial charge in [-0.1, -0.05) is 27.5 Å². The third-order valence-corrected chi connectivity index (χ3v) is 4.83. The van der Waals surface area contributed by atoms with Gasteiger partial charge in [0.1, 0.15) is 5.75 Å². The lowest BCUT2D eigenvalue weighted by molar-refractivity contribution is 0.405. The first-order valence-corrected chi connectivity index (χ1v) is 8.53. The van der Waals surface area contributed by atoms with Crippen molar-refractivity contribution < 1.29 is 4.74 Å². The van der Waals surface area contributed by atoms with Crippen molar-refractivity contribution in [3.05, 3.63) is 60.6 Å². The third-order valence-electron chi connectivity index (χ3n) is 3.20. The molecule has 3 N–H and O–H groups in total. The Morgan fingerprint density at radius 2 is 2.10 bits per heavy atom. The van der Waals surface area contributed by atoms with Crippen LogP contribution in [0.4, 0.5) is 0 Å². The van der Waals surface area contributed by atoms with Gasteiger partial charge in [0, 0.05) is 13.1 Å². The second kappa shape index (κ2) is 7.78. The number of hydrogen-bond acceptors (Lipinski definition) is 3. The predicted molar refractivity (Wildman–Crippen MR) is 98.6 cm³/mol. The lowest BCUT2D eigenvalue weighted by atomic mass is 9.99. The molecular formula is C15H15BrClIN2O. The van der Waals surface area contributed by atoms with E-state index in [0.717, 1.165) is 24.9 Å². The molecule has 0 bridgehead atoms. The van der Waals surface area contributed by atoms with Crippen LogP contribution in [-0.2, 0) is 6.42 Å². The van der Waals surface area contributed by atoms with Crippen LogP contribution in [0.2, 0.25) is 5.02 Å². The second-order valence-corrected chi connectivity index (χ2v) is 7.08. The smallest absolute Gasteiger partial charge is 0.122 e. The first kappa shape index (κ1) is 17.0. The Morgan fingerprint density at radius 1 is 1.33 bits per heavy atom. The summed E-state index contributed by atoms with van der Waals surface area (Å²) >= 11 is 12.0. The van der Waals surface area contributed by atoms with Crippen molar-refractivity contribution >= 4 is 50.1 Å². The van der Waals surface area contributed by atoms with Crippen molar-refractivity contribution in [3.63, 3.8) is 0 Å². The van der Waals surface area contributed by atoms with Crippen molar-refractivity contribution in [2.45, 2.75) is 12.5 Å². The van der Waals surface area contributed by atoms with E-state index in [2.05, 4.69) is 50.0 Å². The maximum Gasteiger partial charge on any atom is 0.122 e. The summed E-state index contributed by atoms with van der Waals surface area (Å²) in [6.07, 6.45) is 0.679. The zero-order chi connectivity index (χ0) is 15.4. The fourth-order valence-corrected chi connectivity index (χ4v) is 3.40. The molecule has 0 aliphatic rings. The molecule has 2 aromatic carbocycles. The van der Waals surface area contributed by atoms with E-state index in [1.807, 2.05) is 30.3 Å². The average molecular weight is 482 g/mol. The summed E-state index contributed by atoms with van der Waals surface area (Å²) in [5, 5.41) is 0.684. The van der Waals surface area contributed by atoms with Crippen molar-refractivity contribution in [1.82, 2.24) is 5.43 Å². The Kier molecular flexibility index (Phi) is 6.31. The van der Waals surface area contributed by atoms with Crippen LogP contribution in [0.5, 0.6) is 5.75 Å². The van der Waals surface area contributed by atoms with Gasteiger partial charge in [0.15, 0.2) is 0 Å². The topological polar surface area (TPSA) is 47.3 Å². The van der Waals surface area contributed by atoms with E-state index in [4.69, 9.17) is 22.2 Å². The highest BCUT2D eigenvalue weighted by Crippen LogP contribution is 2.31. The molecule has 1 atom stereocenters. The average Bonchev–Trinajstić information content (AvgIpc) is 2.47. The molecule has 21 heavy (non-hydrogen) atoms. The van der Waals surface area contributed by atoms with Crippen LogP contribution >= 0.6 is 50.1 Å². The number of methoxy groups -OCH3 is 1. The lowest BCUT2D eigenvalue weighted by Crippen LogP contribution is -2.30. The lowest BCUT2D eigenvalue weighted by Gasteiger charge is -2.20. The van der Waals surface area contributed by atoms with Crippen LogP contribution in [0.25, 0.3) is 0 Å². The minimum atomic E-state index is -0.0403. The van der Waals surface area contributed by atoms with E-state index in [9.17, 15) is 0 Å². The van der Waals surface area contributed by atoms with Crippen LogP contribution in [0, 0.1) is 3.57 Å². The predicted octanol–water partition coefficient (Wildman–Crippen LogP) is 4.46. The summed E-state index contributed by atoms with van der Waals surface area (Å²) < 4.78 is 7.57. The van der Waals surface area contributed by atoms with Gasteiger partial charge in [0.05, 0.1) is 13.2 Å². The van der Waals surface area contributed by atoms with Crippen molar-refractivity contribution in [2.24, 2.45) is 5.84 Å². The maximum atomic E-state index is 6.09. The maximum absolute atomic E-state index is 6.09. The number of ether oxygens (including phenoxy) is 1. The highest BCUT2D eigenvalue weighted by molar-refractivity contribution is 14.1. The van der Waals surface area contributed by atoms with Crippen molar-refractivity contribution in [2.75, 3.05) is 7.11 Å². The molecule has 0 radical (unpaired) electrons. The van der Waals surface area contributed by atoms with Gasteiger partial charge in [0.25, 0.3) is 0 Å². The normalized spacial score (nSPS) is 12.2. The molecule has 2 aromatic rings. The minimum Gasteiger partial charge on any atom is -0.496 e. The number of rotatable bonds is 5. The number of nitrogens with two attached hydrogens (primary N) is 1. The molecule has 112 valence electrons. The van der Waals surface area contributed by atoms with E-state index in [1.165, 1.54) is 0 Å². The van der Waals surface area contributed by atoms with Gasteiger partial charge in [-0.05, 0) is 76.5 Å². The molecule has 0 amide bonds. The van der Waals surface area contributed by atoms with Crippen LogP contribution in [0.1, 0.15) is 17.2 Å². The summed E-state index contributed by atoms with van der Waals surface area (Å²) in [5.74, 6) is 6.56. The van der Waals surface area contributed by atoms with Gasteiger partial charge in [-0.3, -0.25) is 11.3 Å². The van der Waals surface area contributed by atoms with Crippen LogP contribution in [0.15, 0.2) is 40.9 Å². The van der Waals surface area contributed by atoms with Gasteiger partial charge in [-0.15, -0.1) is 0 Å². The van der Waals surface area contributed by atoms with Gasteiger partial charge < -0.3 is 4.74 Å². The van der Waals surface area contributed by atoms with Crippen LogP contribution in [0.3, 0.4) is 0 Å². The van der Waals surface area contributed by atoms with Gasteiger partial charge in [-0.2, -0.15) is 0 Å². The molecule has 1 unspecified atom stereocenters. The van der Waals surface area contributed by atoms with Crippen LogP contribution < -0.4 is 16.0 Å². The number of hydrogen-bond donors (Lipinski definition) is 2. The summed E-state index contributed by atoms with van der Waals surface area (Å²) in [4.78, 5) is 0. The third kappa shape index (κ3) is 4.32. The first-order chi connectivity index (χ1) is 10.0. The molecule has 0 spiro atoms. The summed E-state index contributed by atoms with van der Waals surface area (Å²) in [5.41, 5.74) is 4.99. The van der Waals surface area contributed by atoms with Gasteiger partial charge >= 0.3 is 0 Å². The largest absolute Gasteiger partial charge is 0.496 e. The Hall–Kier alpha value is -0.340. The second-order valence-electron chi connectivity index (χ2n) is 4.55. The molecule has 0 saturated heterocycles. The van der Waals surface area contributed by atoms with E-state index < -0.39 is 0 Å². The van der Waals surface area contributed by atoms with E-state index in [0.29, 0.717) is 11.4 Å². The molecule has 0 heterocycles. The highest BCUT2D eigenvalue weighted by Gasteiger charge is 2.17. The molecule has 0 saturated carbocycles. The Labute approximate surface area is 151 Å². The fraction of sp³-hybridized carbons (Fsp3) is 0.200. The van der Waals surface area contributed by atoms with Crippen LogP contribution in [-0.4, -0.2) is 7.11 Å². The quantitative estimate of drug-likeness (QED) is 0.377. The molecule has 0 aromatic heterocycles. The molecule has 6 heteroatoms. The molecule has 0 aliphatic heterocycles. The Bertz CT molecular complexity index is 639. The minimum absolute atomic E-state index is 0.0403. The molecular weight excluding hydrogens is 466 g/mol. The number of hydrazine groups is 1. The van der Waals surface area contributed by atoms with Crippen molar-refractivity contribution in [3.8, 4) is 5.75 Å². The zero-order valence-electron chi connectivity index (χ0n) is 11.4. The molecule has 2 rings (SSSR count). The van der Waals surface area contributed by atoms with E-state index >= 15 is 0 Å². The summed E-state index contributed by atoms with van der Waals surface area (Å²) in [7, 11) is 1.65. The Balaban J connectivity index is 2.35. The highest BCUT2D eigenvalue weighted by atomic mass is 127. The number of halogens is 3. The molecule has 3 nitrogen and oxygen atoms in total. The summed E-state index contributed by atoms with van der Waals surface area (Å²) in [6.45, 7) is 0. The van der Waals surface area contributed by atoms with E-state index in [1.54, 1.807) is 7.11 Å². The van der Waals surface area contributed by atoms with Gasteiger partial charge in [0.2, 0.25) is 0 Å². The Morgan fingerprint density at radius 3 is 2.76 bits per heavy atom. The van der Waals surface area contributed by atoms with E-state index in [-0.39, 0.29) is 6.04 Å². The SMILES string of the molecule is COc1ccc(Cl)cc1CC(NN)c1cc(I)ccc1Br. The number of benzene rings is 2. The number of nitrogens with one attached hydrogen (secondary N) is 1. The zero-order valence-corrected chi connectivity index (χ0v) is 15.9.